The molecule has 4 rings (SSSR count). The highest BCUT2D eigenvalue weighted by Gasteiger charge is 2.17. The molecule has 164 valence electrons. The van der Waals surface area contributed by atoms with Gasteiger partial charge in [-0.25, -0.2) is 0 Å². The van der Waals surface area contributed by atoms with Crippen molar-refractivity contribution >= 4 is 45.9 Å². The number of aromatic amines is 1. The Morgan fingerprint density at radius 3 is 2.56 bits per heavy atom. The maximum atomic E-state index is 12.9. The van der Waals surface area contributed by atoms with Crippen molar-refractivity contribution in [2.45, 2.75) is 0 Å². The number of halogens is 2. The van der Waals surface area contributed by atoms with Gasteiger partial charge in [-0.05, 0) is 30.3 Å². The van der Waals surface area contributed by atoms with Crippen LogP contribution in [0.3, 0.4) is 0 Å². The summed E-state index contributed by atoms with van der Waals surface area (Å²) in [6.07, 6.45) is 0. The number of nitrogens with zero attached hydrogens (tertiary/aromatic N) is 2. The fourth-order valence-electron chi connectivity index (χ4n) is 3.15. The Labute approximate surface area is 193 Å². The number of rotatable bonds is 7. The van der Waals surface area contributed by atoms with Crippen LogP contribution < -0.4 is 26.1 Å². The number of methoxy groups -OCH3 is 1. The number of benzene rings is 2. The van der Waals surface area contributed by atoms with Crippen LogP contribution in [-0.2, 0) is 0 Å². The Hall–Kier alpha value is -3.33. The van der Waals surface area contributed by atoms with Gasteiger partial charge in [0.1, 0.15) is 18.0 Å². The molecule has 2 aromatic heterocycles. The van der Waals surface area contributed by atoms with E-state index in [1.807, 2.05) is 18.2 Å². The largest absolute Gasteiger partial charge is 0.497 e. The first-order valence-corrected chi connectivity index (χ1v) is 10.4. The molecule has 0 aliphatic carbocycles. The number of hydrogen-bond donors (Lipinski definition) is 3. The number of nitrogens with one attached hydrogen (secondary N) is 2. The van der Waals surface area contributed by atoms with E-state index in [1.54, 1.807) is 37.4 Å². The van der Waals surface area contributed by atoms with E-state index in [0.29, 0.717) is 32.4 Å². The molecule has 0 amide bonds. The molecule has 0 bridgehead atoms. The van der Waals surface area contributed by atoms with Crippen molar-refractivity contribution in [2.75, 3.05) is 25.6 Å². The van der Waals surface area contributed by atoms with Crippen molar-refractivity contribution < 1.29 is 9.47 Å². The van der Waals surface area contributed by atoms with Crippen molar-refractivity contribution in [1.29, 1.82) is 0 Å². The molecule has 2 aromatic carbocycles. The van der Waals surface area contributed by atoms with E-state index in [4.69, 9.17) is 38.4 Å². The normalized spacial score (nSPS) is 10.9. The molecule has 0 aliphatic rings. The molecule has 0 atom stereocenters. The third-order valence-corrected chi connectivity index (χ3v) is 5.22. The van der Waals surface area contributed by atoms with Crippen LogP contribution in [0.5, 0.6) is 11.6 Å². The van der Waals surface area contributed by atoms with Crippen molar-refractivity contribution in [2.24, 2.45) is 5.73 Å². The molecular formula is C22H19Cl2N5O3. The average molecular weight is 472 g/mol. The van der Waals surface area contributed by atoms with Crippen LogP contribution in [0.15, 0.2) is 53.3 Å². The number of pyridine rings is 1. The Kier molecular flexibility index (Phi) is 6.45. The van der Waals surface area contributed by atoms with E-state index in [0.717, 1.165) is 0 Å². The number of anilines is 2. The maximum Gasteiger partial charge on any atom is 0.257 e. The lowest BCUT2D eigenvalue weighted by molar-refractivity contribution is 0.320. The zero-order valence-corrected chi connectivity index (χ0v) is 18.5. The number of ether oxygens (including phenoxy) is 2. The van der Waals surface area contributed by atoms with Gasteiger partial charge in [0.15, 0.2) is 0 Å². The third-order valence-electron chi connectivity index (χ3n) is 4.59. The second-order valence-corrected chi connectivity index (χ2v) is 7.53. The SMILES string of the molecule is COc1cccc(Nc2nc(OCCN)c3cc(-c4c(Cl)cccc4Cl)c(=O)[nH]c3n2)c1. The minimum atomic E-state index is -0.400. The fraction of sp³-hybridized carbons (Fsp3) is 0.136. The smallest absolute Gasteiger partial charge is 0.257 e. The lowest BCUT2D eigenvalue weighted by Gasteiger charge is -2.13. The zero-order valence-electron chi connectivity index (χ0n) is 17.0. The predicted octanol–water partition coefficient (Wildman–Crippen LogP) is 4.38. The lowest BCUT2D eigenvalue weighted by atomic mass is 10.1. The second-order valence-electron chi connectivity index (χ2n) is 6.72. The summed E-state index contributed by atoms with van der Waals surface area (Å²) in [7, 11) is 1.58. The van der Waals surface area contributed by atoms with Gasteiger partial charge >= 0.3 is 0 Å². The summed E-state index contributed by atoms with van der Waals surface area (Å²) in [5, 5.41) is 4.28. The third kappa shape index (κ3) is 4.47. The summed E-state index contributed by atoms with van der Waals surface area (Å²) in [5.74, 6) is 1.16. The van der Waals surface area contributed by atoms with Gasteiger partial charge in [0, 0.05) is 23.9 Å². The van der Waals surface area contributed by atoms with Crippen LogP contribution in [0.4, 0.5) is 11.6 Å². The Balaban J connectivity index is 1.85. The summed E-state index contributed by atoms with van der Waals surface area (Å²) in [4.78, 5) is 24.6. The van der Waals surface area contributed by atoms with Gasteiger partial charge in [0.05, 0.1) is 28.1 Å². The molecule has 0 saturated heterocycles. The molecule has 4 aromatic rings. The highest BCUT2D eigenvalue weighted by molar-refractivity contribution is 6.39. The lowest BCUT2D eigenvalue weighted by Crippen LogP contribution is -2.15. The number of aromatic nitrogens is 3. The van der Waals surface area contributed by atoms with E-state index in [9.17, 15) is 4.79 Å². The van der Waals surface area contributed by atoms with Gasteiger partial charge in [-0.2, -0.15) is 9.97 Å². The molecule has 0 spiro atoms. The van der Waals surface area contributed by atoms with E-state index < -0.39 is 5.56 Å². The van der Waals surface area contributed by atoms with E-state index in [-0.39, 0.29) is 36.2 Å². The second kappa shape index (κ2) is 9.44. The molecule has 8 nitrogen and oxygen atoms in total. The summed E-state index contributed by atoms with van der Waals surface area (Å²) >= 11 is 12.6. The molecule has 2 heterocycles. The quantitative estimate of drug-likeness (QED) is 0.366. The molecule has 0 radical (unpaired) electrons. The molecule has 0 unspecified atom stereocenters. The number of nitrogens with two attached hydrogens (primary N) is 1. The predicted molar refractivity (Wildman–Crippen MR) is 126 cm³/mol. The summed E-state index contributed by atoms with van der Waals surface area (Å²) in [6.45, 7) is 0.517. The van der Waals surface area contributed by atoms with Crippen molar-refractivity contribution in [3.05, 3.63) is 68.9 Å². The Bertz CT molecular complexity index is 1320. The summed E-state index contributed by atoms with van der Waals surface area (Å²) < 4.78 is 11.0. The van der Waals surface area contributed by atoms with Gasteiger partial charge in [-0.3, -0.25) is 4.79 Å². The first-order chi connectivity index (χ1) is 15.5. The molecule has 0 aliphatic heterocycles. The number of fused-ring (bicyclic) bond motifs is 1. The van der Waals surface area contributed by atoms with Crippen LogP contribution in [0.1, 0.15) is 0 Å². The minimum absolute atomic E-state index is 0.228. The maximum absolute atomic E-state index is 12.9. The van der Waals surface area contributed by atoms with Crippen LogP contribution in [0.2, 0.25) is 10.0 Å². The minimum Gasteiger partial charge on any atom is -0.497 e. The van der Waals surface area contributed by atoms with Crippen molar-refractivity contribution in [3.63, 3.8) is 0 Å². The zero-order chi connectivity index (χ0) is 22.7. The first kappa shape index (κ1) is 21.9. The van der Waals surface area contributed by atoms with E-state index >= 15 is 0 Å². The van der Waals surface area contributed by atoms with Gasteiger partial charge < -0.3 is 25.5 Å². The van der Waals surface area contributed by atoms with Crippen LogP contribution in [0, 0.1) is 0 Å². The molecule has 4 N–H and O–H groups in total. The summed E-state index contributed by atoms with van der Waals surface area (Å²) in [6, 6.07) is 13.9. The van der Waals surface area contributed by atoms with Gasteiger partial charge in [-0.1, -0.05) is 35.3 Å². The van der Waals surface area contributed by atoms with E-state index in [1.165, 1.54) is 0 Å². The Morgan fingerprint density at radius 2 is 1.84 bits per heavy atom. The van der Waals surface area contributed by atoms with Gasteiger partial charge in [-0.15, -0.1) is 0 Å². The average Bonchev–Trinajstić information content (AvgIpc) is 2.78. The highest BCUT2D eigenvalue weighted by Crippen LogP contribution is 2.35. The van der Waals surface area contributed by atoms with Crippen LogP contribution in [0.25, 0.3) is 22.2 Å². The van der Waals surface area contributed by atoms with Gasteiger partial charge in [0.2, 0.25) is 11.8 Å². The standard InChI is InChI=1S/C22H19Cl2N5O3/c1-31-13-5-2-4-12(10-13)26-22-28-19-15(21(29-22)32-9-8-25)11-14(20(30)27-19)18-16(23)6-3-7-17(18)24/h2-7,10-11H,8-9,25H2,1H3,(H2,26,27,28,29,30). The summed E-state index contributed by atoms with van der Waals surface area (Å²) in [5.41, 5.74) is 6.90. The van der Waals surface area contributed by atoms with Gasteiger partial charge in [0.25, 0.3) is 5.56 Å². The molecular weight excluding hydrogens is 453 g/mol. The number of H-pyrrole nitrogens is 1. The van der Waals surface area contributed by atoms with Crippen molar-refractivity contribution in [3.8, 4) is 22.8 Å². The molecule has 10 heteroatoms. The van der Waals surface area contributed by atoms with Crippen LogP contribution >= 0.6 is 23.2 Å². The fourth-order valence-corrected chi connectivity index (χ4v) is 3.75. The Morgan fingerprint density at radius 1 is 1.09 bits per heavy atom. The monoisotopic (exact) mass is 471 g/mol. The topological polar surface area (TPSA) is 115 Å². The molecule has 0 saturated carbocycles. The number of hydrogen-bond acceptors (Lipinski definition) is 7. The van der Waals surface area contributed by atoms with E-state index in [2.05, 4.69) is 20.3 Å². The highest BCUT2D eigenvalue weighted by atomic mass is 35.5. The molecule has 32 heavy (non-hydrogen) atoms. The molecule has 0 fully saturated rings. The van der Waals surface area contributed by atoms with Crippen LogP contribution in [-0.4, -0.2) is 35.2 Å². The van der Waals surface area contributed by atoms with Crippen molar-refractivity contribution in [1.82, 2.24) is 15.0 Å². The first-order valence-electron chi connectivity index (χ1n) is 9.63.